The first-order valence-electron chi connectivity index (χ1n) is 16.6. The molecule has 0 atom stereocenters. The molecule has 0 spiro atoms. The molecule has 0 aliphatic carbocycles. The summed E-state index contributed by atoms with van der Waals surface area (Å²) in [6.07, 6.45) is 18.0. The van der Waals surface area contributed by atoms with Crippen LogP contribution in [-0.2, 0) is 22.2 Å². The van der Waals surface area contributed by atoms with Crippen molar-refractivity contribution in [1.82, 2.24) is 0 Å². The summed E-state index contributed by atoms with van der Waals surface area (Å²) < 4.78 is 12.2. The molecule has 3 heteroatoms. The number of rotatable bonds is 16. The lowest BCUT2D eigenvalue weighted by molar-refractivity contribution is 0.365. The highest BCUT2D eigenvalue weighted by molar-refractivity contribution is 6.65. The van der Waals surface area contributed by atoms with Gasteiger partial charge in [-0.3, -0.25) is 0 Å². The maximum Gasteiger partial charge on any atom is 0.494 e. The van der Waals surface area contributed by atoms with E-state index in [1.165, 1.54) is 126 Å². The van der Waals surface area contributed by atoms with E-state index in [0.29, 0.717) is 13.2 Å². The van der Waals surface area contributed by atoms with Gasteiger partial charge < -0.3 is 9.31 Å². The van der Waals surface area contributed by atoms with Crippen molar-refractivity contribution < 1.29 is 9.31 Å². The Bertz CT molecular complexity index is 1390. The van der Waals surface area contributed by atoms with Gasteiger partial charge in [0.15, 0.2) is 0 Å². The zero-order chi connectivity index (χ0) is 28.3. The standard InChI is InChI=1S/C38H49BO2/c1-3-5-7-9-11-13-20-31-26-25-30-19-15-16-22-33(30)37(31)38-32(21-14-12-10-8-6-4-2)29-36(39-40-27-28-41-39)34-23-17-18-24-35(34)38/h15-19,22-26,29H,3-14,20-21,27-28H2,1-2H3. The fourth-order valence-electron chi connectivity index (χ4n) is 6.70. The average Bonchev–Trinajstić information content (AvgIpc) is 3.55. The summed E-state index contributed by atoms with van der Waals surface area (Å²) in [5, 5.41) is 5.31. The van der Waals surface area contributed by atoms with Crippen LogP contribution in [0.2, 0.25) is 0 Å². The Morgan fingerprint density at radius 2 is 1.07 bits per heavy atom. The van der Waals surface area contributed by atoms with E-state index < -0.39 is 0 Å². The Morgan fingerprint density at radius 1 is 0.537 bits per heavy atom. The molecule has 4 aromatic carbocycles. The lowest BCUT2D eigenvalue weighted by Gasteiger charge is -2.22. The van der Waals surface area contributed by atoms with Crippen molar-refractivity contribution in [3.8, 4) is 11.1 Å². The Hall–Kier alpha value is -2.62. The predicted octanol–water partition coefficient (Wildman–Crippen LogP) is 10.2. The molecule has 1 aliphatic rings. The van der Waals surface area contributed by atoms with Gasteiger partial charge in [0, 0.05) is 0 Å². The van der Waals surface area contributed by atoms with Gasteiger partial charge in [-0.25, -0.2) is 0 Å². The molecule has 1 saturated heterocycles. The van der Waals surface area contributed by atoms with E-state index in [2.05, 4.69) is 80.6 Å². The van der Waals surface area contributed by atoms with Gasteiger partial charge in [0.25, 0.3) is 0 Å². The van der Waals surface area contributed by atoms with Gasteiger partial charge in [-0.2, -0.15) is 0 Å². The largest absolute Gasteiger partial charge is 0.494 e. The Labute approximate surface area is 249 Å². The lowest BCUT2D eigenvalue weighted by Crippen LogP contribution is -2.33. The molecule has 1 heterocycles. The van der Waals surface area contributed by atoms with Gasteiger partial charge in [-0.05, 0) is 74.9 Å². The molecule has 2 nitrogen and oxygen atoms in total. The second-order valence-electron chi connectivity index (χ2n) is 12.0. The van der Waals surface area contributed by atoms with Crippen molar-refractivity contribution >= 4 is 34.1 Å². The van der Waals surface area contributed by atoms with Crippen LogP contribution in [0, 0.1) is 0 Å². The molecule has 0 radical (unpaired) electrons. The van der Waals surface area contributed by atoms with Gasteiger partial charge in [0.2, 0.25) is 0 Å². The fraction of sp³-hybridized carbons (Fsp3) is 0.474. The van der Waals surface area contributed by atoms with E-state index in [-0.39, 0.29) is 7.12 Å². The van der Waals surface area contributed by atoms with Crippen LogP contribution in [0.15, 0.2) is 66.7 Å². The Balaban J connectivity index is 1.60. The van der Waals surface area contributed by atoms with E-state index >= 15 is 0 Å². The minimum Gasteiger partial charge on any atom is -0.405 e. The summed E-state index contributed by atoms with van der Waals surface area (Å²) in [7, 11) is -0.271. The van der Waals surface area contributed by atoms with Gasteiger partial charge >= 0.3 is 7.12 Å². The second-order valence-corrected chi connectivity index (χ2v) is 12.0. The van der Waals surface area contributed by atoms with Crippen LogP contribution in [0.25, 0.3) is 32.7 Å². The number of hydrogen-bond donors (Lipinski definition) is 0. The van der Waals surface area contributed by atoms with Crippen molar-refractivity contribution in [3.05, 3.63) is 77.9 Å². The molecule has 41 heavy (non-hydrogen) atoms. The van der Waals surface area contributed by atoms with Crippen molar-refractivity contribution in [3.63, 3.8) is 0 Å². The summed E-state index contributed by atoms with van der Waals surface area (Å²) in [5.41, 5.74) is 7.03. The predicted molar refractivity (Wildman–Crippen MR) is 178 cm³/mol. The number of aryl methyl sites for hydroxylation is 2. The Kier molecular flexibility index (Phi) is 11.3. The van der Waals surface area contributed by atoms with Crippen LogP contribution in [0.1, 0.15) is 102 Å². The second kappa shape index (κ2) is 15.6. The highest BCUT2D eigenvalue weighted by Gasteiger charge is 2.30. The molecule has 0 bridgehead atoms. The third kappa shape index (κ3) is 7.43. The molecule has 0 N–H and O–H groups in total. The monoisotopic (exact) mass is 548 g/mol. The first-order chi connectivity index (χ1) is 20.3. The minimum absolute atomic E-state index is 0.271. The van der Waals surface area contributed by atoms with Crippen LogP contribution < -0.4 is 5.46 Å². The topological polar surface area (TPSA) is 18.5 Å². The molecule has 5 rings (SSSR count). The van der Waals surface area contributed by atoms with Crippen LogP contribution in [0.5, 0.6) is 0 Å². The van der Waals surface area contributed by atoms with Crippen LogP contribution in [-0.4, -0.2) is 20.3 Å². The molecule has 1 aliphatic heterocycles. The Morgan fingerprint density at radius 3 is 1.76 bits per heavy atom. The first-order valence-corrected chi connectivity index (χ1v) is 16.6. The molecule has 1 fully saturated rings. The number of hydrogen-bond acceptors (Lipinski definition) is 2. The zero-order valence-electron chi connectivity index (χ0n) is 25.6. The normalized spacial score (nSPS) is 13.6. The van der Waals surface area contributed by atoms with Crippen LogP contribution >= 0.6 is 0 Å². The molecule has 0 aromatic heterocycles. The minimum atomic E-state index is -0.271. The highest BCUT2D eigenvalue weighted by atomic mass is 16.6. The van der Waals surface area contributed by atoms with Crippen molar-refractivity contribution in [2.45, 2.75) is 104 Å². The molecular formula is C38H49BO2. The molecule has 0 amide bonds. The van der Waals surface area contributed by atoms with Gasteiger partial charge in [0.05, 0.1) is 13.2 Å². The van der Waals surface area contributed by atoms with Crippen LogP contribution in [0.3, 0.4) is 0 Å². The summed E-state index contributed by atoms with van der Waals surface area (Å²) in [6.45, 7) is 5.92. The first kappa shape index (κ1) is 29.9. The van der Waals surface area contributed by atoms with E-state index in [0.717, 1.165) is 12.8 Å². The van der Waals surface area contributed by atoms with Gasteiger partial charge in [-0.1, -0.05) is 145 Å². The summed E-state index contributed by atoms with van der Waals surface area (Å²) in [6, 6.07) is 25.2. The average molecular weight is 549 g/mol. The maximum absolute atomic E-state index is 6.08. The fourth-order valence-corrected chi connectivity index (χ4v) is 6.70. The molecule has 0 saturated carbocycles. The molecule has 4 aromatic rings. The number of benzene rings is 4. The van der Waals surface area contributed by atoms with E-state index in [1.54, 1.807) is 0 Å². The third-order valence-corrected chi connectivity index (χ3v) is 8.90. The zero-order valence-corrected chi connectivity index (χ0v) is 25.6. The SMILES string of the molecule is CCCCCCCCc1ccc2ccccc2c1-c1c(CCCCCCCC)cc(B2OCCO2)c2ccccc12. The highest BCUT2D eigenvalue weighted by Crippen LogP contribution is 2.40. The van der Waals surface area contributed by atoms with Gasteiger partial charge in [0.1, 0.15) is 0 Å². The summed E-state index contributed by atoms with van der Waals surface area (Å²) >= 11 is 0. The summed E-state index contributed by atoms with van der Waals surface area (Å²) in [5.74, 6) is 0. The molecule has 216 valence electrons. The van der Waals surface area contributed by atoms with Crippen molar-refractivity contribution in [1.29, 1.82) is 0 Å². The van der Waals surface area contributed by atoms with Gasteiger partial charge in [-0.15, -0.1) is 0 Å². The number of fused-ring (bicyclic) bond motifs is 2. The summed E-state index contributed by atoms with van der Waals surface area (Å²) in [4.78, 5) is 0. The van der Waals surface area contributed by atoms with Crippen LogP contribution in [0.4, 0.5) is 0 Å². The van der Waals surface area contributed by atoms with E-state index in [4.69, 9.17) is 9.31 Å². The lowest BCUT2D eigenvalue weighted by atomic mass is 9.72. The maximum atomic E-state index is 6.08. The quantitative estimate of drug-likeness (QED) is 0.102. The smallest absolute Gasteiger partial charge is 0.405 e. The third-order valence-electron chi connectivity index (χ3n) is 8.90. The van der Waals surface area contributed by atoms with Crippen molar-refractivity contribution in [2.24, 2.45) is 0 Å². The van der Waals surface area contributed by atoms with E-state index in [1.807, 2.05) is 0 Å². The molecular weight excluding hydrogens is 499 g/mol. The number of unbranched alkanes of at least 4 members (excludes halogenated alkanes) is 10. The van der Waals surface area contributed by atoms with E-state index in [9.17, 15) is 0 Å². The van der Waals surface area contributed by atoms with Crippen molar-refractivity contribution in [2.75, 3.05) is 13.2 Å². The molecule has 0 unspecified atom stereocenters.